The van der Waals surface area contributed by atoms with Gasteiger partial charge in [-0.05, 0) is 68.4 Å². The highest BCUT2D eigenvalue weighted by Gasteiger charge is 2.17. The smallest absolute Gasteiger partial charge is 0.276 e. The summed E-state index contributed by atoms with van der Waals surface area (Å²) >= 11 is 0. The fourth-order valence-electron chi connectivity index (χ4n) is 3.92. The number of nitrogens with zero attached hydrogens (tertiary/aromatic N) is 3. The average molecular weight is 401 g/mol. The van der Waals surface area contributed by atoms with Gasteiger partial charge in [0.1, 0.15) is 11.5 Å². The summed E-state index contributed by atoms with van der Waals surface area (Å²) in [5, 5.41) is 10.8. The van der Waals surface area contributed by atoms with Crippen molar-refractivity contribution < 1.29 is 9.21 Å². The normalized spacial score (nSPS) is 14.8. The second-order valence-corrected chi connectivity index (χ2v) is 7.63. The minimum atomic E-state index is -0.269. The van der Waals surface area contributed by atoms with Gasteiger partial charge in [0.2, 0.25) is 0 Å². The predicted molar refractivity (Wildman–Crippen MR) is 115 cm³/mol. The number of amides is 1. The van der Waals surface area contributed by atoms with Crippen LogP contribution in [0, 0.1) is 0 Å². The summed E-state index contributed by atoms with van der Waals surface area (Å²) in [7, 11) is 0. The number of hydrogen-bond donors (Lipinski definition) is 2. The molecule has 30 heavy (non-hydrogen) atoms. The molecule has 152 valence electrons. The quantitative estimate of drug-likeness (QED) is 0.516. The van der Waals surface area contributed by atoms with Gasteiger partial charge in [0.25, 0.3) is 5.91 Å². The molecule has 1 fully saturated rings. The number of furan rings is 1. The van der Waals surface area contributed by atoms with Gasteiger partial charge in [0.15, 0.2) is 5.69 Å². The van der Waals surface area contributed by atoms with Gasteiger partial charge >= 0.3 is 0 Å². The van der Waals surface area contributed by atoms with Crippen LogP contribution in [0.1, 0.15) is 35.5 Å². The molecule has 5 rings (SSSR count). The molecule has 3 aromatic heterocycles. The van der Waals surface area contributed by atoms with Gasteiger partial charge < -0.3 is 9.73 Å². The molecule has 2 N–H and O–H groups in total. The topological polar surface area (TPSA) is 87.0 Å². The van der Waals surface area contributed by atoms with E-state index in [1.807, 2.05) is 30.3 Å². The van der Waals surface area contributed by atoms with Gasteiger partial charge in [0.05, 0.1) is 12.1 Å². The summed E-state index contributed by atoms with van der Waals surface area (Å²) < 4.78 is 6.11. The molecule has 1 aromatic carbocycles. The third-order valence-electron chi connectivity index (χ3n) is 5.49. The van der Waals surface area contributed by atoms with E-state index >= 15 is 0 Å². The number of nitrogens with one attached hydrogen (secondary N) is 2. The predicted octanol–water partition coefficient (Wildman–Crippen LogP) is 4.46. The summed E-state index contributed by atoms with van der Waals surface area (Å²) in [6.45, 7) is 3.10. The number of fused-ring (bicyclic) bond motifs is 1. The Morgan fingerprint density at radius 1 is 1.07 bits per heavy atom. The van der Waals surface area contributed by atoms with Crippen molar-refractivity contribution in [1.29, 1.82) is 0 Å². The first-order valence-corrected chi connectivity index (χ1v) is 10.3. The van der Waals surface area contributed by atoms with Crippen LogP contribution in [0.2, 0.25) is 0 Å². The number of aromatic amines is 1. The number of carbonyl (C=O) groups is 1. The van der Waals surface area contributed by atoms with Crippen LogP contribution in [-0.2, 0) is 6.54 Å². The highest BCUT2D eigenvalue weighted by Crippen LogP contribution is 2.28. The molecular weight excluding hydrogens is 378 g/mol. The van der Waals surface area contributed by atoms with Gasteiger partial charge in [-0.2, -0.15) is 5.10 Å². The molecule has 1 aliphatic heterocycles. The first kappa shape index (κ1) is 18.6. The molecule has 1 saturated heterocycles. The van der Waals surface area contributed by atoms with E-state index in [1.165, 1.54) is 19.3 Å². The van der Waals surface area contributed by atoms with Crippen LogP contribution in [0.15, 0.2) is 59.3 Å². The Morgan fingerprint density at radius 3 is 2.73 bits per heavy atom. The molecule has 0 saturated carbocycles. The molecule has 0 bridgehead atoms. The number of likely N-dealkylation sites (tertiary alicyclic amines) is 1. The van der Waals surface area contributed by atoms with Gasteiger partial charge in [-0.15, -0.1) is 0 Å². The Kier molecular flexibility index (Phi) is 5.03. The van der Waals surface area contributed by atoms with Crippen LogP contribution in [0.5, 0.6) is 0 Å². The number of H-pyrrole nitrogens is 1. The number of benzene rings is 1. The van der Waals surface area contributed by atoms with E-state index in [-0.39, 0.29) is 5.91 Å². The van der Waals surface area contributed by atoms with Crippen LogP contribution in [-0.4, -0.2) is 39.1 Å². The molecule has 0 unspecified atom stereocenters. The first-order valence-electron chi connectivity index (χ1n) is 10.3. The van der Waals surface area contributed by atoms with Crippen molar-refractivity contribution in [3.63, 3.8) is 0 Å². The van der Waals surface area contributed by atoms with Crippen molar-refractivity contribution in [2.24, 2.45) is 0 Å². The Bertz CT molecular complexity index is 1160. The lowest BCUT2D eigenvalue weighted by Crippen LogP contribution is -2.28. The van der Waals surface area contributed by atoms with E-state index in [4.69, 9.17) is 4.42 Å². The number of carbonyl (C=O) groups excluding carboxylic acids is 1. The molecular formula is C23H23N5O2. The maximum atomic E-state index is 12.7. The summed E-state index contributed by atoms with van der Waals surface area (Å²) in [5.41, 5.74) is 2.75. The van der Waals surface area contributed by atoms with Crippen molar-refractivity contribution in [2.75, 3.05) is 18.4 Å². The molecule has 0 atom stereocenters. The SMILES string of the molecule is O=C(Nc1ccncc1)c1n[nH]c2ccc(-c3ccc(CN4CCCCC4)o3)cc12. The molecule has 4 heterocycles. The van der Waals surface area contributed by atoms with Crippen LogP contribution in [0.25, 0.3) is 22.2 Å². The summed E-state index contributed by atoms with van der Waals surface area (Å²) in [4.78, 5) is 19.1. The van der Waals surface area contributed by atoms with E-state index in [0.29, 0.717) is 11.4 Å². The highest BCUT2D eigenvalue weighted by molar-refractivity contribution is 6.11. The molecule has 4 aromatic rings. The second kappa shape index (κ2) is 8.12. The van der Waals surface area contributed by atoms with Crippen molar-refractivity contribution in [2.45, 2.75) is 25.8 Å². The lowest BCUT2D eigenvalue weighted by Gasteiger charge is -2.25. The van der Waals surface area contributed by atoms with Crippen molar-refractivity contribution >= 4 is 22.5 Å². The number of piperidine rings is 1. The van der Waals surface area contributed by atoms with E-state index in [2.05, 4.69) is 25.4 Å². The minimum Gasteiger partial charge on any atom is -0.460 e. The van der Waals surface area contributed by atoms with E-state index in [1.54, 1.807) is 24.5 Å². The van der Waals surface area contributed by atoms with Crippen molar-refractivity contribution in [1.82, 2.24) is 20.1 Å². The van der Waals surface area contributed by atoms with Gasteiger partial charge in [-0.25, -0.2) is 0 Å². The Balaban J connectivity index is 1.38. The third-order valence-corrected chi connectivity index (χ3v) is 5.49. The molecule has 1 amide bonds. The van der Waals surface area contributed by atoms with Crippen LogP contribution in [0.4, 0.5) is 5.69 Å². The maximum absolute atomic E-state index is 12.7. The van der Waals surface area contributed by atoms with Crippen molar-refractivity contribution in [3.8, 4) is 11.3 Å². The number of hydrogen-bond acceptors (Lipinski definition) is 5. The monoisotopic (exact) mass is 401 g/mol. The summed E-state index contributed by atoms with van der Waals surface area (Å²) in [6, 6.07) is 13.4. The average Bonchev–Trinajstić information content (AvgIpc) is 3.42. The van der Waals surface area contributed by atoms with E-state index < -0.39 is 0 Å². The summed E-state index contributed by atoms with van der Waals surface area (Å²) in [6.07, 6.45) is 7.11. The second-order valence-electron chi connectivity index (χ2n) is 7.63. The Labute approximate surface area is 174 Å². The van der Waals surface area contributed by atoms with Gasteiger partial charge in [-0.1, -0.05) is 6.42 Å². The van der Waals surface area contributed by atoms with Crippen molar-refractivity contribution in [3.05, 3.63) is 66.3 Å². The highest BCUT2D eigenvalue weighted by atomic mass is 16.3. The molecule has 0 radical (unpaired) electrons. The number of aromatic nitrogens is 3. The largest absolute Gasteiger partial charge is 0.460 e. The Hall–Kier alpha value is -3.45. The van der Waals surface area contributed by atoms with Crippen LogP contribution >= 0.6 is 0 Å². The number of anilines is 1. The molecule has 0 spiro atoms. The fourth-order valence-corrected chi connectivity index (χ4v) is 3.92. The lowest BCUT2D eigenvalue weighted by molar-refractivity contribution is 0.102. The fraction of sp³-hybridized carbons (Fsp3) is 0.261. The minimum absolute atomic E-state index is 0.269. The van der Waals surface area contributed by atoms with Gasteiger partial charge in [0, 0.05) is 29.0 Å². The number of rotatable bonds is 5. The number of pyridine rings is 1. The maximum Gasteiger partial charge on any atom is 0.276 e. The van der Waals surface area contributed by atoms with Gasteiger partial charge in [-0.3, -0.25) is 19.8 Å². The zero-order valence-corrected chi connectivity index (χ0v) is 16.6. The zero-order chi connectivity index (χ0) is 20.3. The molecule has 0 aliphatic carbocycles. The lowest BCUT2D eigenvalue weighted by atomic mass is 10.1. The Morgan fingerprint density at radius 2 is 1.90 bits per heavy atom. The van der Waals surface area contributed by atoms with E-state index in [9.17, 15) is 4.79 Å². The first-order chi connectivity index (χ1) is 14.8. The van der Waals surface area contributed by atoms with Crippen LogP contribution in [0.3, 0.4) is 0 Å². The standard InChI is InChI=1S/C23H23N5O2/c29-23(25-17-8-10-24-11-9-17)22-19-14-16(4-6-20(19)26-27-22)21-7-5-18(30-21)15-28-12-2-1-3-13-28/h4-11,14H,1-3,12-13,15H2,(H,26,27)(H,24,25,29). The molecule has 1 aliphatic rings. The zero-order valence-electron chi connectivity index (χ0n) is 16.6. The summed E-state index contributed by atoms with van der Waals surface area (Å²) in [5.74, 6) is 1.50. The molecule has 7 heteroatoms. The third kappa shape index (κ3) is 3.84. The van der Waals surface area contributed by atoms with E-state index in [0.717, 1.165) is 47.6 Å². The molecule has 7 nitrogen and oxygen atoms in total. The van der Waals surface area contributed by atoms with Crippen LogP contribution < -0.4 is 5.32 Å².